The first kappa shape index (κ1) is 18.4. The summed E-state index contributed by atoms with van der Waals surface area (Å²) in [5, 5.41) is 5.76. The highest BCUT2D eigenvalue weighted by atomic mass is 35.5. The maximum atomic E-state index is 12.4. The fourth-order valence-corrected chi connectivity index (χ4v) is 4.10. The molecule has 1 aliphatic heterocycles. The van der Waals surface area contributed by atoms with Gasteiger partial charge in [0.15, 0.2) is 6.54 Å². The minimum absolute atomic E-state index is 0.0458. The summed E-state index contributed by atoms with van der Waals surface area (Å²) < 4.78 is 5.76. The number of hydrogen-bond donors (Lipinski definition) is 2. The summed E-state index contributed by atoms with van der Waals surface area (Å²) in [5.74, 6) is 0.0458. The van der Waals surface area contributed by atoms with E-state index in [1.807, 2.05) is 24.3 Å². The Morgan fingerprint density at radius 3 is 2.92 bits per heavy atom. The number of thiophene rings is 1. The van der Waals surface area contributed by atoms with Gasteiger partial charge >= 0.3 is 0 Å². The Bertz CT molecular complexity index is 672. The second kappa shape index (κ2) is 9.34. The fraction of sp³-hybridized carbons (Fsp3) is 0.421. The maximum Gasteiger partial charge on any atom is 0.275 e. The largest absolute Gasteiger partial charge is 0.372 e. The molecule has 2 atom stereocenters. The van der Waals surface area contributed by atoms with Crippen molar-refractivity contribution in [2.45, 2.75) is 32.0 Å². The van der Waals surface area contributed by atoms with E-state index in [0.717, 1.165) is 38.1 Å². The third-order valence-electron chi connectivity index (χ3n) is 4.39. The molecule has 2 aromatic rings. The van der Waals surface area contributed by atoms with Crippen LogP contribution in [0.15, 0.2) is 41.8 Å². The van der Waals surface area contributed by atoms with E-state index in [2.05, 4.69) is 22.8 Å². The molecule has 0 spiro atoms. The van der Waals surface area contributed by atoms with Crippen LogP contribution in [0.4, 0.5) is 0 Å². The average Bonchev–Trinajstić information content (AvgIpc) is 3.28. The number of ether oxygens (including phenoxy) is 1. The van der Waals surface area contributed by atoms with Gasteiger partial charge in [-0.25, -0.2) is 0 Å². The van der Waals surface area contributed by atoms with E-state index in [1.165, 1.54) is 9.78 Å². The molecule has 134 valence electrons. The third-order valence-corrected chi connectivity index (χ3v) is 5.63. The molecule has 1 aliphatic rings. The number of amides is 1. The van der Waals surface area contributed by atoms with Gasteiger partial charge in [-0.3, -0.25) is 4.79 Å². The zero-order valence-electron chi connectivity index (χ0n) is 14.2. The Morgan fingerprint density at radius 2 is 2.20 bits per heavy atom. The Balaban J connectivity index is 1.54. The van der Waals surface area contributed by atoms with Crippen molar-refractivity contribution in [1.82, 2.24) is 5.32 Å². The van der Waals surface area contributed by atoms with E-state index in [0.29, 0.717) is 18.1 Å². The second-order valence-electron chi connectivity index (χ2n) is 6.39. The topological polar surface area (TPSA) is 42.8 Å². The molecule has 4 nitrogen and oxygen atoms in total. The molecule has 0 bridgehead atoms. The molecule has 0 radical (unpaired) electrons. The standard InChI is InChI=1S/C19H23ClN2O2S/c20-18-8-2-1-5-15(18)11-21-19(23)14-22(12-16-6-3-9-24-16)13-17-7-4-10-25-17/h1-2,4-5,7-8,10,16H,3,6,9,11-14H2,(H,21,23)/p+1/t16-/m0/s1. The molecule has 6 heteroatoms. The lowest BCUT2D eigenvalue weighted by atomic mass is 10.2. The zero-order valence-corrected chi connectivity index (χ0v) is 15.7. The van der Waals surface area contributed by atoms with Crippen molar-refractivity contribution in [3.05, 3.63) is 57.2 Å². The maximum absolute atomic E-state index is 12.4. The highest BCUT2D eigenvalue weighted by molar-refractivity contribution is 7.09. The van der Waals surface area contributed by atoms with E-state index >= 15 is 0 Å². The van der Waals surface area contributed by atoms with Crippen molar-refractivity contribution in [3.63, 3.8) is 0 Å². The fourth-order valence-electron chi connectivity index (χ4n) is 3.12. The van der Waals surface area contributed by atoms with E-state index in [-0.39, 0.29) is 12.0 Å². The van der Waals surface area contributed by atoms with Gasteiger partial charge in [-0.15, -0.1) is 11.3 Å². The van der Waals surface area contributed by atoms with Gasteiger partial charge in [-0.2, -0.15) is 0 Å². The first-order chi connectivity index (χ1) is 12.2. The number of nitrogens with one attached hydrogen (secondary N) is 2. The van der Waals surface area contributed by atoms with Crippen LogP contribution in [-0.4, -0.2) is 31.7 Å². The SMILES string of the molecule is O=C(C[NH+](Cc1cccs1)C[C@@H]1CCCO1)NCc1ccccc1Cl. The number of carbonyl (C=O) groups excluding carboxylic acids is 1. The van der Waals surface area contributed by atoms with Crippen LogP contribution >= 0.6 is 22.9 Å². The van der Waals surface area contributed by atoms with Crippen molar-refractivity contribution in [2.75, 3.05) is 19.7 Å². The smallest absolute Gasteiger partial charge is 0.275 e. The van der Waals surface area contributed by atoms with Gasteiger partial charge in [0.1, 0.15) is 19.2 Å². The van der Waals surface area contributed by atoms with Crippen LogP contribution in [0, 0.1) is 0 Å². The highest BCUT2D eigenvalue weighted by Crippen LogP contribution is 2.14. The van der Waals surface area contributed by atoms with Gasteiger partial charge < -0.3 is 15.0 Å². The highest BCUT2D eigenvalue weighted by Gasteiger charge is 2.24. The van der Waals surface area contributed by atoms with Crippen molar-refractivity contribution < 1.29 is 14.4 Å². The number of benzene rings is 1. The molecule has 1 aromatic carbocycles. The molecule has 2 N–H and O–H groups in total. The molecular formula is C19H24ClN2O2S+. The third kappa shape index (κ3) is 5.82. The van der Waals surface area contributed by atoms with Gasteiger partial charge in [0, 0.05) is 18.2 Å². The summed E-state index contributed by atoms with van der Waals surface area (Å²) in [5.41, 5.74) is 0.941. The second-order valence-corrected chi connectivity index (χ2v) is 7.83. The first-order valence-corrected chi connectivity index (χ1v) is 9.94. The van der Waals surface area contributed by atoms with Crippen LogP contribution in [0.1, 0.15) is 23.3 Å². The zero-order chi connectivity index (χ0) is 17.5. The van der Waals surface area contributed by atoms with Gasteiger partial charge in [0.25, 0.3) is 5.91 Å². The van der Waals surface area contributed by atoms with E-state index in [4.69, 9.17) is 16.3 Å². The predicted octanol–water partition coefficient (Wildman–Crippen LogP) is 2.28. The molecule has 1 unspecified atom stereocenters. The number of hydrogen-bond acceptors (Lipinski definition) is 3. The van der Waals surface area contributed by atoms with Crippen LogP contribution in [0.5, 0.6) is 0 Å². The number of carbonyl (C=O) groups is 1. The number of rotatable bonds is 8. The van der Waals surface area contributed by atoms with Crippen molar-refractivity contribution in [1.29, 1.82) is 0 Å². The quantitative estimate of drug-likeness (QED) is 0.739. The molecule has 0 saturated carbocycles. The number of halogens is 1. The van der Waals surface area contributed by atoms with Gasteiger partial charge in [-0.1, -0.05) is 35.9 Å². The monoisotopic (exact) mass is 379 g/mol. The van der Waals surface area contributed by atoms with Gasteiger partial charge in [0.2, 0.25) is 0 Å². The number of quaternary nitrogens is 1. The van der Waals surface area contributed by atoms with E-state index in [1.54, 1.807) is 11.3 Å². The van der Waals surface area contributed by atoms with Crippen molar-refractivity contribution in [3.8, 4) is 0 Å². The normalized spacial score (nSPS) is 18.2. The average molecular weight is 380 g/mol. The molecule has 1 amide bonds. The van der Waals surface area contributed by atoms with Crippen LogP contribution < -0.4 is 10.2 Å². The Labute approximate surface area is 157 Å². The summed E-state index contributed by atoms with van der Waals surface area (Å²) in [4.78, 5) is 15.0. The van der Waals surface area contributed by atoms with Gasteiger partial charge in [-0.05, 0) is 35.9 Å². The van der Waals surface area contributed by atoms with Crippen molar-refractivity contribution >= 4 is 28.8 Å². The van der Waals surface area contributed by atoms with E-state index < -0.39 is 0 Å². The van der Waals surface area contributed by atoms with E-state index in [9.17, 15) is 4.79 Å². The predicted molar refractivity (Wildman–Crippen MR) is 101 cm³/mol. The summed E-state index contributed by atoms with van der Waals surface area (Å²) in [6.45, 7) is 3.48. The summed E-state index contributed by atoms with van der Waals surface area (Å²) in [6, 6.07) is 11.8. The summed E-state index contributed by atoms with van der Waals surface area (Å²) in [6.07, 6.45) is 2.48. The van der Waals surface area contributed by atoms with Crippen molar-refractivity contribution in [2.24, 2.45) is 0 Å². The summed E-state index contributed by atoms with van der Waals surface area (Å²) in [7, 11) is 0. The molecule has 1 fully saturated rings. The first-order valence-electron chi connectivity index (χ1n) is 8.68. The molecular weight excluding hydrogens is 356 g/mol. The lowest BCUT2D eigenvalue weighted by Gasteiger charge is -2.21. The summed E-state index contributed by atoms with van der Waals surface area (Å²) >= 11 is 7.89. The Kier molecular flexibility index (Phi) is 6.87. The van der Waals surface area contributed by atoms with Crippen LogP contribution in [0.2, 0.25) is 5.02 Å². The van der Waals surface area contributed by atoms with Gasteiger partial charge in [0.05, 0.1) is 4.88 Å². The lowest BCUT2D eigenvalue weighted by Crippen LogP contribution is -3.13. The molecule has 2 heterocycles. The molecule has 25 heavy (non-hydrogen) atoms. The molecule has 3 rings (SSSR count). The van der Waals surface area contributed by atoms with Crippen LogP contribution in [0.25, 0.3) is 0 Å². The van der Waals surface area contributed by atoms with Crippen LogP contribution in [0.3, 0.4) is 0 Å². The van der Waals surface area contributed by atoms with Crippen LogP contribution in [-0.2, 0) is 22.6 Å². The molecule has 1 aromatic heterocycles. The lowest BCUT2D eigenvalue weighted by molar-refractivity contribution is -0.908. The molecule has 1 saturated heterocycles. The molecule has 0 aliphatic carbocycles. The minimum atomic E-state index is 0.0458. The minimum Gasteiger partial charge on any atom is -0.372 e. The Hall–Kier alpha value is -1.40. The Morgan fingerprint density at radius 1 is 1.32 bits per heavy atom.